The van der Waals surface area contributed by atoms with Crippen molar-refractivity contribution in [2.24, 2.45) is 5.92 Å². The Hall–Kier alpha value is -1.45. The average Bonchev–Trinajstić information content (AvgIpc) is 2.53. The maximum absolute atomic E-state index is 11.3. The Morgan fingerprint density at radius 2 is 2.17 bits per heavy atom. The highest BCUT2D eigenvalue weighted by Gasteiger charge is 2.18. The maximum Gasteiger partial charge on any atom is 0.242 e. The van der Waals surface area contributed by atoms with Crippen LogP contribution in [0.4, 0.5) is 0 Å². The van der Waals surface area contributed by atoms with Crippen LogP contribution in [0.25, 0.3) is 0 Å². The van der Waals surface area contributed by atoms with Gasteiger partial charge in [-0.05, 0) is 13.8 Å². The minimum Gasteiger partial charge on any atom is -0.299 e. The highest BCUT2D eigenvalue weighted by molar-refractivity contribution is 6.00. The molecule has 64 valence electrons. The molecule has 0 radical (unpaired) electrons. The molecule has 4 nitrogen and oxygen atoms in total. The number of Topliss-reactive ketones (excluding diaryl/α,β-unsaturated/α-hetero) is 1. The van der Waals surface area contributed by atoms with E-state index in [2.05, 4.69) is 4.98 Å². The third-order valence-electron chi connectivity index (χ3n) is 1.74. The Morgan fingerprint density at radius 1 is 1.50 bits per heavy atom. The van der Waals surface area contributed by atoms with Crippen LogP contribution in [0.1, 0.15) is 18.6 Å². The van der Waals surface area contributed by atoms with E-state index in [-0.39, 0.29) is 11.7 Å². The molecule has 0 aromatic carbocycles. The number of aromatic nitrogens is 2. The largest absolute Gasteiger partial charge is 0.299 e. The molecule has 0 bridgehead atoms. The van der Waals surface area contributed by atoms with Gasteiger partial charge in [0.25, 0.3) is 0 Å². The van der Waals surface area contributed by atoms with Gasteiger partial charge in [-0.3, -0.25) is 14.2 Å². The summed E-state index contributed by atoms with van der Waals surface area (Å²) in [5.41, 5.74) is 0. The number of hydrogen-bond donors (Lipinski definition) is 0. The molecular weight excluding hydrogens is 156 g/mol. The van der Waals surface area contributed by atoms with Crippen molar-refractivity contribution >= 4 is 11.7 Å². The van der Waals surface area contributed by atoms with Crippen LogP contribution in [0.2, 0.25) is 0 Å². The first kappa shape index (κ1) is 8.64. The van der Waals surface area contributed by atoms with Gasteiger partial charge in [0.05, 0.1) is 5.92 Å². The molecule has 0 saturated heterocycles. The molecule has 0 aliphatic carbocycles. The van der Waals surface area contributed by atoms with Crippen LogP contribution in [0.5, 0.6) is 0 Å². The molecule has 4 heteroatoms. The van der Waals surface area contributed by atoms with Gasteiger partial charge in [0.1, 0.15) is 12.1 Å². The first-order chi connectivity index (χ1) is 5.63. The first-order valence-corrected chi connectivity index (χ1v) is 3.65. The molecule has 0 aliphatic rings. The first-order valence-electron chi connectivity index (χ1n) is 3.65. The normalized spacial score (nSPS) is 12.5. The molecule has 1 aromatic rings. The summed E-state index contributed by atoms with van der Waals surface area (Å²) in [6.45, 7) is 2.99. The third-order valence-corrected chi connectivity index (χ3v) is 1.74. The van der Waals surface area contributed by atoms with Gasteiger partial charge in [-0.1, -0.05) is 0 Å². The van der Waals surface area contributed by atoms with Gasteiger partial charge in [-0.25, -0.2) is 4.98 Å². The van der Waals surface area contributed by atoms with E-state index < -0.39 is 5.92 Å². The summed E-state index contributed by atoms with van der Waals surface area (Å²) < 4.78 is 1.31. The fraction of sp³-hybridized carbons (Fsp3) is 0.375. The molecule has 0 aliphatic heterocycles. The summed E-state index contributed by atoms with van der Waals surface area (Å²) in [6.07, 6.45) is 4.42. The molecule has 1 heterocycles. The van der Waals surface area contributed by atoms with Crippen molar-refractivity contribution in [1.82, 2.24) is 9.55 Å². The van der Waals surface area contributed by atoms with Gasteiger partial charge in [-0.15, -0.1) is 0 Å². The number of carbonyl (C=O) groups is 2. The molecule has 1 rings (SSSR count). The highest BCUT2D eigenvalue weighted by Crippen LogP contribution is 2.01. The SMILES string of the molecule is CC(=O)C(C)C(=O)n1ccnc1. The van der Waals surface area contributed by atoms with Gasteiger partial charge in [0, 0.05) is 12.4 Å². The average molecular weight is 166 g/mol. The third kappa shape index (κ3) is 1.58. The molecule has 0 N–H and O–H groups in total. The maximum atomic E-state index is 11.3. The lowest BCUT2D eigenvalue weighted by molar-refractivity contribution is -0.119. The Morgan fingerprint density at radius 3 is 2.58 bits per heavy atom. The minimum absolute atomic E-state index is 0.131. The summed E-state index contributed by atoms with van der Waals surface area (Å²) in [5, 5.41) is 0. The standard InChI is InChI=1S/C8H10N2O2/c1-6(7(2)11)8(12)10-4-3-9-5-10/h3-6H,1-2H3. The van der Waals surface area contributed by atoms with Crippen molar-refractivity contribution in [3.63, 3.8) is 0 Å². The van der Waals surface area contributed by atoms with E-state index >= 15 is 0 Å². The Bertz CT molecular complexity index is 290. The zero-order valence-electron chi connectivity index (χ0n) is 7.02. The predicted molar refractivity (Wildman–Crippen MR) is 42.7 cm³/mol. The molecule has 0 saturated carbocycles. The zero-order valence-corrected chi connectivity index (χ0v) is 7.02. The van der Waals surface area contributed by atoms with Crippen molar-refractivity contribution in [3.05, 3.63) is 18.7 Å². The van der Waals surface area contributed by atoms with Crippen molar-refractivity contribution in [3.8, 4) is 0 Å². The number of nitrogens with zero attached hydrogens (tertiary/aromatic N) is 2. The van der Waals surface area contributed by atoms with Crippen LogP contribution in [0, 0.1) is 5.92 Å². The van der Waals surface area contributed by atoms with E-state index in [4.69, 9.17) is 0 Å². The molecular formula is C8H10N2O2. The van der Waals surface area contributed by atoms with Crippen LogP contribution in [0.3, 0.4) is 0 Å². The predicted octanol–water partition coefficient (Wildman–Crippen LogP) is 0.748. The molecule has 1 atom stereocenters. The molecule has 1 aromatic heterocycles. The summed E-state index contributed by atoms with van der Waals surface area (Å²) in [4.78, 5) is 25.9. The molecule has 0 amide bonds. The summed E-state index contributed by atoms with van der Waals surface area (Å²) in [6, 6.07) is 0. The van der Waals surface area contributed by atoms with Crippen LogP contribution in [-0.4, -0.2) is 21.2 Å². The van der Waals surface area contributed by atoms with Crippen LogP contribution in [-0.2, 0) is 4.79 Å². The molecule has 0 spiro atoms. The van der Waals surface area contributed by atoms with E-state index in [1.807, 2.05) is 0 Å². The van der Waals surface area contributed by atoms with E-state index in [1.54, 1.807) is 6.92 Å². The highest BCUT2D eigenvalue weighted by atomic mass is 16.2. The topological polar surface area (TPSA) is 52.0 Å². The minimum atomic E-state index is -0.584. The number of carbonyl (C=O) groups excluding carboxylic acids is 2. The van der Waals surface area contributed by atoms with Crippen molar-refractivity contribution in [1.29, 1.82) is 0 Å². The lowest BCUT2D eigenvalue weighted by Gasteiger charge is -2.05. The zero-order chi connectivity index (χ0) is 9.14. The summed E-state index contributed by atoms with van der Waals surface area (Å²) >= 11 is 0. The molecule has 0 fully saturated rings. The Balaban J connectivity index is 2.79. The van der Waals surface area contributed by atoms with E-state index in [0.717, 1.165) is 0 Å². The smallest absolute Gasteiger partial charge is 0.242 e. The van der Waals surface area contributed by atoms with Gasteiger partial charge in [0.15, 0.2) is 0 Å². The number of hydrogen-bond acceptors (Lipinski definition) is 3. The lowest BCUT2D eigenvalue weighted by Crippen LogP contribution is -2.23. The van der Waals surface area contributed by atoms with Gasteiger partial charge in [0.2, 0.25) is 5.91 Å². The molecule has 12 heavy (non-hydrogen) atoms. The fourth-order valence-corrected chi connectivity index (χ4v) is 0.787. The van der Waals surface area contributed by atoms with Crippen LogP contribution >= 0.6 is 0 Å². The lowest BCUT2D eigenvalue weighted by atomic mass is 10.1. The quantitative estimate of drug-likeness (QED) is 0.609. The monoisotopic (exact) mass is 166 g/mol. The number of imidazole rings is 1. The number of ketones is 1. The fourth-order valence-electron chi connectivity index (χ4n) is 0.787. The Labute approximate surface area is 70.2 Å². The van der Waals surface area contributed by atoms with E-state index in [0.29, 0.717) is 0 Å². The summed E-state index contributed by atoms with van der Waals surface area (Å²) in [5.74, 6) is -0.951. The van der Waals surface area contributed by atoms with Gasteiger partial charge < -0.3 is 0 Å². The Kier molecular flexibility index (Phi) is 2.38. The second kappa shape index (κ2) is 3.30. The van der Waals surface area contributed by atoms with Gasteiger partial charge in [-0.2, -0.15) is 0 Å². The van der Waals surface area contributed by atoms with Gasteiger partial charge >= 0.3 is 0 Å². The van der Waals surface area contributed by atoms with E-state index in [1.165, 1.54) is 30.2 Å². The second-order valence-corrected chi connectivity index (χ2v) is 2.64. The van der Waals surface area contributed by atoms with Crippen molar-refractivity contribution < 1.29 is 9.59 Å². The summed E-state index contributed by atoms with van der Waals surface area (Å²) in [7, 11) is 0. The molecule has 1 unspecified atom stereocenters. The van der Waals surface area contributed by atoms with E-state index in [9.17, 15) is 9.59 Å². The second-order valence-electron chi connectivity index (χ2n) is 2.64. The number of rotatable bonds is 2. The van der Waals surface area contributed by atoms with Crippen molar-refractivity contribution in [2.75, 3.05) is 0 Å². The van der Waals surface area contributed by atoms with Crippen molar-refractivity contribution in [2.45, 2.75) is 13.8 Å². The van der Waals surface area contributed by atoms with Crippen LogP contribution in [0.15, 0.2) is 18.7 Å². The van der Waals surface area contributed by atoms with Crippen LogP contribution < -0.4 is 0 Å².